The predicted molar refractivity (Wildman–Crippen MR) is 152 cm³/mol. The Morgan fingerprint density at radius 2 is 1.88 bits per heavy atom. The maximum absolute atomic E-state index is 13.6. The van der Waals surface area contributed by atoms with Crippen molar-refractivity contribution in [2.24, 2.45) is 5.92 Å². The molecule has 3 N–H and O–H groups in total. The van der Waals surface area contributed by atoms with Gasteiger partial charge in [-0.3, -0.25) is 14.4 Å². The number of rotatable bonds is 6. The monoisotopic (exact) mass is 558 g/mol. The second kappa shape index (κ2) is 9.80. The minimum Gasteiger partial charge on any atom is -0.458 e. The molecule has 3 aromatic rings. The van der Waals surface area contributed by atoms with Gasteiger partial charge < -0.3 is 25.0 Å². The van der Waals surface area contributed by atoms with Crippen LogP contribution in [0.15, 0.2) is 23.0 Å². The Bertz CT molecular complexity index is 1710. The van der Waals surface area contributed by atoms with E-state index < -0.39 is 17.6 Å². The van der Waals surface area contributed by atoms with Gasteiger partial charge in [-0.2, -0.15) is 0 Å². The van der Waals surface area contributed by atoms with Crippen molar-refractivity contribution < 1.29 is 24.2 Å². The van der Waals surface area contributed by atoms with Crippen molar-refractivity contribution in [1.29, 1.82) is 0 Å². The fourth-order valence-corrected chi connectivity index (χ4v) is 6.41. The third-order valence-electron chi connectivity index (χ3n) is 8.55. The summed E-state index contributed by atoms with van der Waals surface area (Å²) in [6.07, 6.45) is 2.87. The Morgan fingerprint density at radius 3 is 2.61 bits per heavy atom. The standard InChI is InChI=1S/C31H34N4O6/c1-5-31(40)21-12-24-27-19(13-35(24)29(38)20(21)14-41-30(31)39)17-7-6-8-18-22(9-10-23(33-27)26(17)18)34-28(37)16(4)32-25(36)11-15(2)3/h9-10,12,15-16,40H,5-8,11,13-14H2,1-4H3,(H,32,36)(H,34,37)/t16-,31-/m0/s1. The molecule has 0 unspecified atom stereocenters. The first kappa shape index (κ1) is 27.1. The van der Waals surface area contributed by atoms with Crippen molar-refractivity contribution in [1.82, 2.24) is 14.9 Å². The van der Waals surface area contributed by atoms with Crippen LogP contribution in [0, 0.1) is 5.92 Å². The highest BCUT2D eigenvalue weighted by atomic mass is 16.6. The number of esters is 1. The minimum atomic E-state index is -1.87. The molecule has 0 spiro atoms. The van der Waals surface area contributed by atoms with Gasteiger partial charge in [0.15, 0.2) is 5.60 Å². The van der Waals surface area contributed by atoms with Crippen LogP contribution in [0.4, 0.5) is 5.69 Å². The van der Waals surface area contributed by atoms with E-state index in [1.165, 1.54) is 0 Å². The zero-order chi connectivity index (χ0) is 29.2. The number of nitrogens with zero attached hydrogens (tertiary/aromatic N) is 2. The molecule has 6 rings (SSSR count). The first-order valence-electron chi connectivity index (χ1n) is 14.3. The molecule has 2 atom stereocenters. The number of benzene rings is 1. The molecule has 214 valence electrons. The van der Waals surface area contributed by atoms with E-state index in [1.807, 2.05) is 26.0 Å². The quantitative estimate of drug-likeness (QED) is 0.309. The van der Waals surface area contributed by atoms with E-state index in [-0.39, 0.29) is 36.3 Å². The predicted octanol–water partition coefficient (Wildman–Crippen LogP) is 3.06. The normalized spacial score (nSPS) is 19.3. The molecule has 0 saturated carbocycles. The molecule has 0 fully saturated rings. The van der Waals surface area contributed by atoms with E-state index in [0.717, 1.165) is 46.9 Å². The van der Waals surface area contributed by atoms with Gasteiger partial charge in [0.1, 0.15) is 12.6 Å². The van der Waals surface area contributed by atoms with Gasteiger partial charge in [-0.1, -0.05) is 20.8 Å². The molecule has 0 radical (unpaired) electrons. The van der Waals surface area contributed by atoms with Crippen LogP contribution in [-0.2, 0) is 50.7 Å². The number of pyridine rings is 2. The molecule has 4 heterocycles. The fraction of sp³-hybridized carbons (Fsp3) is 0.452. The summed E-state index contributed by atoms with van der Waals surface area (Å²) in [7, 11) is 0. The van der Waals surface area contributed by atoms with Crippen LogP contribution in [0.1, 0.15) is 74.8 Å². The number of carbonyl (C=O) groups is 3. The lowest BCUT2D eigenvalue weighted by atomic mass is 9.85. The molecule has 10 heteroatoms. The first-order chi connectivity index (χ1) is 19.5. The number of aliphatic hydroxyl groups is 1. The molecule has 1 aromatic carbocycles. The number of aryl methyl sites for hydroxylation is 2. The lowest BCUT2D eigenvalue weighted by Crippen LogP contribution is -2.44. The zero-order valence-electron chi connectivity index (χ0n) is 23.7. The van der Waals surface area contributed by atoms with Gasteiger partial charge >= 0.3 is 5.97 Å². The van der Waals surface area contributed by atoms with E-state index in [9.17, 15) is 24.3 Å². The Hall–Kier alpha value is -4.05. The van der Waals surface area contributed by atoms with Crippen LogP contribution in [0.2, 0.25) is 0 Å². The molecule has 2 aromatic heterocycles. The van der Waals surface area contributed by atoms with Gasteiger partial charge in [-0.05, 0) is 67.9 Å². The number of hydrogen-bond acceptors (Lipinski definition) is 7. The maximum Gasteiger partial charge on any atom is 0.343 e. The Balaban J connectivity index is 1.40. The van der Waals surface area contributed by atoms with Crippen molar-refractivity contribution in [3.63, 3.8) is 0 Å². The average Bonchev–Trinajstić information content (AvgIpc) is 3.31. The van der Waals surface area contributed by atoms with Crippen LogP contribution in [0.3, 0.4) is 0 Å². The first-order valence-corrected chi connectivity index (χ1v) is 14.3. The van der Waals surface area contributed by atoms with Gasteiger partial charge in [0, 0.05) is 28.6 Å². The third kappa shape index (κ3) is 4.23. The van der Waals surface area contributed by atoms with Crippen LogP contribution < -0.4 is 16.2 Å². The van der Waals surface area contributed by atoms with E-state index in [2.05, 4.69) is 10.6 Å². The highest BCUT2D eigenvalue weighted by Crippen LogP contribution is 2.43. The Kier molecular flexibility index (Phi) is 6.48. The number of amides is 2. The molecule has 2 aliphatic heterocycles. The van der Waals surface area contributed by atoms with Crippen molar-refractivity contribution >= 4 is 34.4 Å². The second-order valence-corrected chi connectivity index (χ2v) is 11.7. The molecule has 3 aliphatic rings. The van der Waals surface area contributed by atoms with Crippen LogP contribution >= 0.6 is 0 Å². The number of anilines is 1. The van der Waals surface area contributed by atoms with Crippen LogP contribution in [-0.4, -0.2) is 38.5 Å². The summed E-state index contributed by atoms with van der Waals surface area (Å²) in [5.41, 5.74) is 4.18. The second-order valence-electron chi connectivity index (χ2n) is 11.7. The summed E-state index contributed by atoms with van der Waals surface area (Å²) in [6.45, 7) is 7.43. The van der Waals surface area contributed by atoms with Gasteiger partial charge in [-0.15, -0.1) is 0 Å². The SMILES string of the molecule is CC[C@@]1(O)C(=O)OCc2c1cc1n(c2=O)Cc2c-1nc1ccc(NC(=O)[C@H](C)NC(=O)CC(C)C)c3c1c2CCC3. The third-order valence-corrected chi connectivity index (χ3v) is 8.55. The van der Waals surface area contributed by atoms with Gasteiger partial charge in [0.2, 0.25) is 11.8 Å². The fourth-order valence-electron chi connectivity index (χ4n) is 6.41. The molecule has 0 bridgehead atoms. The molecule has 10 nitrogen and oxygen atoms in total. The lowest BCUT2D eigenvalue weighted by Gasteiger charge is -2.31. The number of ether oxygens (including phenoxy) is 1. The van der Waals surface area contributed by atoms with Gasteiger partial charge in [0.05, 0.1) is 29.0 Å². The maximum atomic E-state index is 13.6. The lowest BCUT2D eigenvalue weighted by molar-refractivity contribution is -0.172. The zero-order valence-corrected chi connectivity index (χ0v) is 23.7. The summed E-state index contributed by atoms with van der Waals surface area (Å²) < 4.78 is 6.84. The highest BCUT2D eigenvalue weighted by Gasteiger charge is 2.45. The number of aromatic nitrogens is 2. The number of fused-ring (bicyclic) bond motifs is 5. The van der Waals surface area contributed by atoms with Crippen LogP contribution in [0.5, 0.6) is 0 Å². The largest absolute Gasteiger partial charge is 0.458 e. The van der Waals surface area contributed by atoms with E-state index >= 15 is 0 Å². The molecule has 1 aliphatic carbocycles. The molecule has 2 amide bonds. The van der Waals surface area contributed by atoms with Crippen LogP contribution in [0.25, 0.3) is 22.3 Å². The summed E-state index contributed by atoms with van der Waals surface area (Å²) in [5.74, 6) is -0.994. The summed E-state index contributed by atoms with van der Waals surface area (Å²) in [4.78, 5) is 56.2. The van der Waals surface area contributed by atoms with Crippen molar-refractivity contribution in [2.45, 2.75) is 84.6 Å². The van der Waals surface area contributed by atoms with Gasteiger partial charge in [-0.25, -0.2) is 9.78 Å². The molecular weight excluding hydrogens is 524 g/mol. The summed E-state index contributed by atoms with van der Waals surface area (Å²) >= 11 is 0. The summed E-state index contributed by atoms with van der Waals surface area (Å²) in [6, 6.07) is 4.75. The topological polar surface area (TPSA) is 140 Å². The van der Waals surface area contributed by atoms with E-state index in [0.29, 0.717) is 41.2 Å². The highest BCUT2D eigenvalue weighted by molar-refractivity contribution is 6.02. The number of hydrogen-bond donors (Lipinski definition) is 3. The van der Waals surface area contributed by atoms with Gasteiger partial charge in [0.25, 0.3) is 5.56 Å². The van der Waals surface area contributed by atoms with Crippen molar-refractivity contribution in [2.75, 3.05) is 5.32 Å². The van der Waals surface area contributed by atoms with E-state index in [4.69, 9.17) is 9.72 Å². The number of nitrogens with one attached hydrogen (secondary N) is 2. The smallest absolute Gasteiger partial charge is 0.343 e. The summed E-state index contributed by atoms with van der Waals surface area (Å²) in [5, 5.41) is 17.9. The number of cyclic esters (lactones) is 1. The molecule has 41 heavy (non-hydrogen) atoms. The molecular formula is C31H34N4O6. The molecule has 0 saturated heterocycles. The Morgan fingerprint density at radius 1 is 1.12 bits per heavy atom. The number of carbonyl (C=O) groups excluding carboxylic acids is 3. The Labute approximate surface area is 237 Å². The average molecular weight is 559 g/mol. The van der Waals surface area contributed by atoms with E-state index in [1.54, 1.807) is 24.5 Å². The van der Waals surface area contributed by atoms with Crippen molar-refractivity contribution in [3.05, 3.63) is 56.4 Å². The minimum absolute atomic E-state index is 0.0862. The van der Waals surface area contributed by atoms with Crippen molar-refractivity contribution in [3.8, 4) is 11.4 Å².